The molecule has 0 spiro atoms. The molecule has 0 saturated heterocycles. The molecule has 0 aromatic rings. The largest absolute Gasteiger partial charge is 0.349 e. The topological polar surface area (TPSA) is 40.4 Å². The first-order valence-electron chi connectivity index (χ1n) is 7.70. The van der Waals surface area contributed by atoms with E-state index in [0.717, 1.165) is 38.1 Å². The van der Waals surface area contributed by atoms with Gasteiger partial charge in [0, 0.05) is 41.3 Å². The Bertz CT molecular complexity index is 358. The average molecular weight is 315 g/mol. The van der Waals surface area contributed by atoms with Crippen LogP contribution >= 0.6 is 0 Å². The highest BCUT2D eigenvalue weighted by atomic mass is 15.3. The summed E-state index contributed by atoms with van der Waals surface area (Å²) >= 11 is 0. The highest BCUT2D eigenvalue weighted by Gasteiger charge is 2.10. The molecule has 0 amide bonds. The van der Waals surface area contributed by atoms with E-state index in [4.69, 9.17) is 0 Å². The zero-order chi connectivity index (χ0) is 17.3. The van der Waals surface area contributed by atoms with E-state index in [9.17, 15) is 0 Å². The molecule has 0 bridgehead atoms. The van der Waals surface area contributed by atoms with Crippen molar-refractivity contribution in [1.29, 1.82) is 0 Å². The number of hydrogen-bond donors (Lipinski definition) is 1. The first kappa shape index (κ1) is 20.5. The summed E-state index contributed by atoms with van der Waals surface area (Å²) in [5.74, 6) is 2.12. The number of rotatable bonds is 6. The van der Waals surface area contributed by atoms with Crippen molar-refractivity contribution >= 4 is 11.9 Å². The summed E-state index contributed by atoms with van der Waals surface area (Å²) < 4.78 is 2.09. The van der Waals surface area contributed by atoms with Crippen LogP contribution in [0.3, 0.4) is 0 Å². The van der Waals surface area contributed by atoms with E-state index in [1.807, 2.05) is 66.2 Å². The van der Waals surface area contributed by atoms with Crippen molar-refractivity contribution in [2.45, 2.75) is 0 Å². The zero-order valence-electron chi connectivity index (χ0n) is 16.0. The highest BCUT2D eigenvalue weighted by molar-refractivity contribution is 5.79. The van der Waals surface area contributed by atoms with Crippen LogP contribution in [0.1, 0.15) is 0 Å². The molecule has 0 aliphatic rings. The van der Waals surface area contributed by atoms with Crippen LogP contribution in [0.25, 0.3) is 0 Å². The Hall–Kier alpha value is -1.50. The fraction of sp³-hybridized carbons (Fsp3) is 0.867. The van der Waals surface area contributed by atoms with Crippen molar-refractivity contribution in [2.75, 3.05) is 89.6 Å². The van der Waals surface area contributed by atoms with Crippen LogP contribution in [-0.2, 0) is 0 Å². The number of nitrogens with one attached hydrogen (secondary N) is 1. The highest BCUT2D eigenvalue weighted by Crippen LogP contribution is 1.90. The third-order valence-electron chi connectivity index (χ3n) is 3.16. The summed E-state index contributed by atoms with van der Waals surface area (Å²) in [5, 5.41) is 3.46. The molecule has 0 aliphatic heterocycles. The molecule has 0 aliphatic carbocycles. The van der Waals surface area contributed by atoms with Gasteiger partial charge in [-0.15, -0.1) is 0 Å². The number of guanidine groups is 2. The Morgan fingerprint density at radius 1 is 0.864 bits per heavy atom. The van der Waals surface area contributed by atoms with Gasteiger partial charge in [0.2, 0.25) is 0 Å². The maximum Gasteiger partial charge on any atom is 0.347 e. The van der Waals surface area contributed by atoms with Gasteiger partial charge in [-0.2, -0.15) is 0 Å². The molecular weight excluding hydrogens is 278 g/mol. The van der Waals surface area contributed by atoms with Crippen molar-refractivity contribution < 1.29 is 4.58 Å². The number of aliphatic imine (C=N–C) groups is 1. The van der Waals surface area contributed by atoms with Crippen LogP contribution < -0.4 is 5.32 Å². The number of nitrogens with zero attached hydrogens (tertiary/aromatic N) is 6. The maximum atomic E-state index is 4.65. The van der Waals surface area contributed by atoms with Crippen LogP contribution in [0.2, 0.25) is 0 Å². The first-order chi connectivity index (χ1) is 10.2. The van der Waals surface area contributed by atoms with Crippen LogP contribution in [0.5, 0.6) is 0 Å². The summed E-state index contributed by atoms with van der Waals surface area (Å²) in [6.45, 7) is 3.66. The Kier molecular flexibility index (Phi) is 9.56. The van der Waals surface area contributed by atoms with Gasteiger partial charge in [0.15, 0.2) is 5.96 Å². The van der Waals surface area contributed by atoms with Crippen molar-refractivity contribution in [3.63, 3.8) is 0 Å². The van der Waals surface area contributed by atoms with E-state index < -0.39 is 0 Å². The van der Waals surface area contributed by atoms with Gasteiger partial charge in [-0.25, -0.2) is 0 Å². The minimum atomic E-state index is 0.806. The third kappa shape index (κ3) is 8.07. The van der Waals surface area contributed by atoms with Crippen LogP contribution in [0.4, 0.5) is 0 Å². The SMILES string of the molecule is CN(CCN=C(N(C)C)N(C)C)CCNC(N(C)C)=[N+](C)C. The van der Waals surface area contributed by atoms with Crippen molar-refractivity contribution in [3.8, 4) is 0 Å². The predicted octanol–water partition coefficient (Wildman–Crippen LogP) is -0.823. The van der Waals surface area contributed by atoms with Gasteiger partial charge in [-0.1, -0.05) is 0 Å². The maximum absolute atomic E-state index is 4.65. The fourth-order valence-electron chi connectivity index (χ4n) is 2.19. The third-order valence-corrected chi connectivity index (χ3v) is 3.16. The molecule has 0 aromatic heterocycles. The van der Waals surface area contributed by atoms with E-state index in [-0.39, 0.29) is 0 Å². The van der Waals surface area contributed by atoms with Gasteiger partial charge in [-0.05, 0) is 7.05 Å². The van der Waals surface area contributed by atoms with Gasteiger partial charge >= 0.3 is 5.96 Å². The normalized spacial score (nSPS) is 10.3. The van der Waals surface area contributed by atoms with Gasteiger partial charge in [0.05, 0.1) is 41.3 Å². The average Bonchev–Trinajstić information content (AvgIpc) is 2.37. The second kappa shape index (κ2) is 10.3. The van der Waals surface area contributed by atoms with E-state index in [1.165, 1.54) is 0 Å². The molecule has 130 valence electrons. The second-order valence-corrected chi connectivity index (χ2v) is 6.31. The van der Waals surface area contributed by atoms with Crippen molar-refractivity contribution in [1.82, 2.24) is 24.9 Å². The quantitative estimate of drug-likeness (QED) is 0.394. The van der Waals surface area contributed by atoms with E-state index in [1.54, 1.807) is 0 Å². The smallest absolute Gasteiger partial charge is 0.347 e. The standard InChI is InChI=1S/C15H35N7/c1-18(2)14(19(3)4)16-10-12-22(9)13-11-17-15(20(5)6)21(7)8/h10-13H2,1-9H3/p+1. The molecule has 1 N–H and O–H groups in total. The van der Waals surface area contributed by atoms with E-state index >= 15 is 0 Å². The van der Waals surface area contributed by atoms with Crippen molar-refractivity contribution in [3.05, 3.63) is 0 Å². The zero-order valence-corrected chi connectivity index (χ0v) is 16.0. The lowest BCUT2D eigenvalue weighted by atomic mass is 10.5. The van der Waals surface area contributed by atoms with Crippen LogP contribution in [0, 0.1) is 0 Å². The molecule has 0 fully saturated rings. The monoisotopic (exact) mass is 314 g/mol. The lowest BCUT2D eigenvalue weighted by Crippen LogP contribution is -2.44. The number of hydrogen-bond acceptors (Lipinski definition) is 2. The van der Waals surface area contributed by atoms with Crippen molar-refractivity contribution in [2.24, 2.45) is 4.99 Å². The number of likely N-dealkylation sites (N-methyl/N-ethyl adjacent to an activating group) is 1. The lowest BCUT2D eigenvalue weighted by molar-refractivity contribution is -0.472. The summed E-state index contributed by atoms with van der Waals surface area (Å²) in [4.78, 5) is 13.1. The van der Waals surface area contributed by atoms with Gasteiger partial charge in [-0.3, -0.25) is 19.8 Å². The Labute approximate surface area is 136 Å². The summed E-state index contributed by atoms with van der Waals surface area (Å²) in [7, 11) is 18.4. The molecule has 0 rings (SSSR count). The fourth-order valence-corrected chi connectivity index (χ4v) is 2.19. The van der Waals surface area contributed by atoms with E-state index in [2.05, 4.69) is 31.7 Å². The summed E-state index contributed by atoms with van der Waals surface area (Å²) in [6.07, 6.45) is 0. The molecule has 0 unspecified atom stereocenters. The van der Waals surface area contributed by atoms with Gasteiger partial charge < -0.3 is 14.7 Å². The minimum absolute atomic E-state index is 0.806. The molecule has 7 heteroatoms. The molecule has 0 aromatic carbocycles. The molecule has 22 heavy (non-hydrogen) atoms. The van der Waals surface area contributed by atoms with Gasteiger partial charge in [0.1, 0.15) is 0 Å². The Morgan fingerprint density at radius 3 is 1.82 bits per heavy atom. The molecule has 0 heterocycles. The molecule has 0 saturated carbocycles. The Balaban J connectivity index is 4.18. The van der Waals surface area contributed by atoms with Crippen LogP contribution in [0.15, 0.2) is 4.99 Å². The van der Waals surface area contributed by atoms with Crippen LogP contribution in [-0.4, -0.2) is 126 Å². The minimum Gasteiger partial charge on any atom is -0.349 e. The summed E-state index contributed by atoms with van der Waals surface area (Å²) in [6, 6.07) is 0. The van der Waals surface area contributed by atoms with Gasteiger partial charge in [0.25, 0.3) is 0 Å². The second-order valence-electron chi connectivity index (χ2n) is 6.31. The summed E-state index contributed by atoms with van der Waals surface area (Å²) in [5.41, 5.74) is 0. The molecule has 0 radical (unpaired) electrons. The first-order valence-corrected chi connectivity index (χ1v) is 7.70. The Morgan fingerprint density at radius 2 is 1.41 bits per heavy atom. The molecule has 0 atom stereocenters. The molecular formula is C15H36N7+. The predicted molar refractivity (Wildman–Crippen MR) is 96.0 cm³/mol. The van der Waals surface area contributed by atoms with E-state index in [0.29, 0.717) is 0 Å². The lowest BCUT2D eigenvalue weighted by Gasteiger charge is -2.23. The molecule has 7 nitrogen and oxygen atoms in total.